The van der Waals surface area contributed by atoms with Crippen LogP contribution < -0.4 is 0 Å². The zero-order chi connectivity index (χ0) is 8.44. The molecular weight excluding hydrogens is 168 g/mol. The van der Waals surface area contributed by atoms with Crippen molar-refractivity contribution in [2.24, 2.45) is 0 Å². The van der Waals surface area contributed by atoms with Crippen LogP contribution in [0, 0.1) is 0 Å². The number of benzene rings is 1. The van der Waals surface area contributed by atoms with Crippen LogP contribution in [0.1, 0.15) is 31.2 Å². The summed E-state index contributed by atoms with van der Waals surface area (Å²) in [7, 11) is 0. The molecule has 1 heteroatoms. The van der Waals surface area contributed by atoms with Gasteiger partial charge in [-0.1, -0.05) is 43.2 Å². The highest BCUT2D eigenvalue weighted by molar-refractivity contribution is 6.24. The van der Waals surface area contributed by atoms with Gasteiger partial charge < -0.3 is 0 Å². The maximum atomic E-state index is 6.50. The van der Waals surface area contributed by atoms with E-state index in [4.69, 9.17) is 11.6 Å². The van der Waals surface area contributed by atoms with Gasteiger partial charge in [0.1, 0.15) is 0 Å². The summed E-state index contributed by atoms with van der Waals surface area (Å²) in [5, 5.41) is 0. The molecule has 0 heterocycles. The van der Waals surface area contributed by atoms with Crippen molar-refractivity contribution in [3.8, 4) is 0 Å². The Labute approximate surface area is 78.6 Å². The second kappa shape index (κ2) is 3.10. The minimum Gasteiger partial charge on any atom is -0.114 e. The number of hydrogen-bond acceptors (Lipinski definition) is 0. The van der Waals surface area contributed by atoms with Crippen molar-refractivity contribution >= 4 is 11.6 Å². The molecule has 0 atom stereocenters. The van der Waals surface area contributed by atoms with Crippen LogP contribution in [0.5, 0.6) is 0 Å². The zero-order valence-electron chi connectivity index (χ0n) is 7.09. The molecule has 0 N–H and O–H groups in total. The maximum absolute atomic E-state index is 6.50. The van der Waals surface area contributed by atoms with Gasteiger partial charge in [-0.25, -0.2) is 0 Å². The molecule has 1 aliphatic rings. The fourth-order valence-corrected chi connectivity index (χ4v) is 2.35. The highest BCUT2D eigenvalue weighted by atomic mass is 35.5. The lowest BCUT2D eigenvalue weighted by atomic mass is 9.97. The van der Waals surface area contributed by atoms with E-state index in [1.165, 1.54) is 18.4 Å². The first-order valence-corrected chi connectivity index (χ1v) is 4.93. The van der Waals surface area contributed by atoms with E-state index in [9.17, 15) is 0 Å². The number of halogens is 1. The molecule has 2 rings (SSSR count). The van der Waals surface area contributed by atoms with Crippen LogP contribution in [0.2, 0.25) is 0 Å². The Morgan fingerprint density at radius 3 is 2.17 bits per heavy atom. The van der Waals surface area contributed by atoms with Crippen LogP contribution in [0.3, 0.4) is 0 Å². The summed E-state index contributed by atoms with van der Waals surface area (Å²) >= 11 is 6.50. The molecule has 0 amide bonds. The molecule has 64 valence electrons. The molecule has 0 unspecified atom stereocenters. The van der Waals surface area contributed by atoms with Gasteiger partial charge in [-0.15, -0.1) is 11.6 Å². The molecular formula is C11H13Cl. The summed E-state index contributed by atoms with van der Waals surface area (Å²) in [4.78, 5) is -0.0404. The van der Waals surface area contributed by atoms with Crippen molar-refractivity contribution in [3.63, 3.8) is 0 Å². The van der Waals surface area contributed by atoms with Crippen molar-refractivity contribution < 1.29 is 0 Å². The van der Waals surface area contributed by atoms with E-state index in [2.05, 4.69) is 24.3 Å². The normalized spacial score (nSPS) is 21.1. The molecule has 0 saturated heterocycles. The largest absolute Gasteiger partial charge is 0.114 e. The van der Waals surface area contributed by atoms with Gasteiger partial charge >= 0.3 is 0 Å². The lowest BCUT2D eigenvalue weighted by Gasteiger charge is -2.20. The fourth-order valence-electron chi connectivity index (χ4n) is 1.96. The number of alkyl halides is 1. The van der Waals surface area contributed by atoms with E-state index < -0.39 is 0 Å². The molecule has 1 saturated carbocycles. The molecule has 0 aliphatic heterocycles. The fraction of sp³-hybridized carbons (Fsp3) is 0.455. The van der Waals surface area contributed by atoms with Gasteiger partial charge in [0.25, 0.3) is 0 Å². The standard InChI is InChI=1S/C11H13Cl/c12-11(8-4-5-9-11)10-6-2-1-3-7-10/h1-3,6-7H,4-5,8-9H2. The lowest BCUT2D eigenvalue weighted by molar-refractivity contribution is 0.637. The summed E-state index contributed by atoms with van der Waals surface area (Å²) < 4.78 is 0. The van der Waals surface area contributed by atoms with Crippen LogP contribution in [0.4, 0.5) is 0 Å². The Kier molecular flexibility index (Phi) is 2.10. The predicted octanol–water partition coefficient (Wildman–Crippen LogP) is 3.69. The number of rotatable bonds is 1. The lowest BCUT2D eigenvalue weighted by Crippen LogP contribution is -2.12. The minimum absolute atomic E-state index is 0.0404. The molecule has 0 spiro atoms. The third-order valence-corrected chi connectivity index (χ3v) is 3.28. The van der Waals surface area contributed by atoms with E-state index in [-0.39, 0.29) is 4.87 Å². The van der Waals surface area contributed by atoms with E-state index in [0.29, 0.717) is 0 Å². The molecule has 1 aromatic carbocycles. The van der Waals surface area contributed by atoms with Gasteiger partial charge in [0, 0.05) is 0 Å². The van der Waals surface area contributed by atoms with Gasteiger partial charge in [-0.2, -0.15) is 0 Å². The molecule has 12 heavy (non-hydrogen) atoms. The highest BCUT2D eigenvalue weighted by Gasteiger charge is 2.32. The first kappa shape index (κ1) is 8.12. The van der Waals surface area contributed by atoms with Crippen LogP contribution in [0.15, 0.2) is 30.3 Å². The van der Waals surface area contributed by atoms with Gasteiger partial charge in [0.2, 0.25) is 0 Å². The number of hydrogen-bond donors (Lipinski definition) is 0. The van der Waals surface area contributed by atoms with E-state index in [1.807, 2.05) is 6.07 Å². The summed E-state index contributed by atoms with van der Waals surface area (Å²) in [6, 6.07) is 10.4. The average molecular weight is 181 g/mol. The van der Waals surface area contributed by atoms with Crippen molar-refractivity contribution in [3.05, 3.63) is 35.9 Å². The monoisotopic (exact) mass is 180 g/mol. The quantitative estimate of drug-likeness (QED) is 0.579. The molecule has 1 aliphatic carbocycles. The topological polar surface area (TPSA) is 0 Å². The van der Waals surface area contributed by atoms with Gasteiger partial charge in [-0.3, -0.25) is 0 Å². The first-order chi connectivity index (χ1) is 5.81. The molecule has 0 radical (unpaired) electrons. The Morgan fingerprint density at radius 1 is 1.00 bits per heavy atom. The van der Waals surface area contributed by atoms with Crippen molar-refractivity contribution in [2.75, 3.05) is 0 Å². The summed E-state index contributed by atoms with van der Waals surface area (Å²) in [5.41, 5.74) is 1.30. The van der Waals surface area contributed by atoms with Crippen LogP contribution in [-0.4, -0.2) is 0 Å². The van der Waals surface area contributed by atoms with E-state index >= 15 is 0 Å². The van der Waals surface area contributed by atoms with E-state index in [1.54, 1.807) is 0 Å². The Bertz CT molecular complexity index is 247. The summed E-state index contributed by atoms with van der Waals surface area (Å²) in [6.07, 6.45) is 4.83. The Morgan fingerprint density at radius 2 is 1.58 bits per heavy atom. The molecule has 1 aromatic rings. The van der Waals surface area contributed by atoms with Crippen LogP contribution >= 0.6 is 11.6 Å². The third-order valence-electron chi connectivity index (χ3n) is 2.69. The highest BCUT2D eigenvalue weighted by Crippen LogP contribution is 2.44. The van der Waals surface area contributed by atoms with Gasteiger partial charge in [-0.05, 0) is 18.4 Å². The minimum atomic E-state index is -0.0404. The molecule has 1 fully saturated rings. The van der Waals surface area contributed by atoms with Gasteiger partial charge in [0.15, 0.2) is 0 Å². The Balaban J connectivity index is 2.29. The predicted molar refractivity (Wildman–Crippen MR) is 52.4 cm³/mol. The van der Waals surface area contributed by atoms with Crippen LogP contribution in [-0.2, 0) is 4.87 Å². The van der Waals surface area contributed by atoms with Crippen molar-refractivity contribution in [2.45, 2.75) is 30.6 Å². The zero-order valence-corrected chi connectivity index (χ0v) is 7.85. The molecule has 0 nitrogen and oxygen atoms in total. The van der Waals surface area contributed by atoms with Crippen molar-refractivity contribution in [1.82, 2.24) is 0 Å². The first-order valence-electron chi connectivity index (χ1n) is 4.56. The second-order valence-corrected chi connectivity index (χ2v) is 4.26. The second-order valence-electron chi connectivity index (χ2n) is 3.54. The molecule has 0 aromatic heterocycles. The van der Waals surface area contributed by atoms with Gasteiger partial charge in [0.05, 0.1) is 4.87 Å². The summed E-state index contributed by atoms with van der Waals surface area (Å²) in [6.45, 7) is 0. The third kappa shape index (κ3) is 1.36. The average Bonchev–Trinajstić information content (AvgIpc) is 2.55. The van der Waals surface area contributed by atoms with E-state index in [0.717, 1.165) is 12.8 Å². The maximum Gasteiger partial charge on any atom is 0.0695 e. The van der Waals surface area contributed by atoms with Crippen LogP contribution in [0.25, 0.3) is 0 Å². The summed E-state index contributed by atoms with van der Waals surface area (Å²) in [5.74, 6) is 0. The molecule has 0 bridgehead atoms. The van der Waals surface area contributed by atoms with Crippen molar-refractivity contribution in [1.29, 1.82) is 0 Å². The SMILES string of the molecule is ClC1(c2ccccc2)CCCC1. The Hall–Kier alpha value is -0.490. The smallest absolute Gasteiger partial charge is 0.0695 e.